The van der Waals surface area contributed by atoms with E-state index in [0.29, 0.717) is 29.0 Å². The molecule has 1 heterocycles. The Kier molecular flexibility index (Phi) is 5.69. The van der Waals surface area contributed by atoms with E-state index in [1.54, 1.807) is 32.0 Å². The zero-order chi connectivity index (χ0) is 29.8. The number of allylic oxidation sites excluding steroid dienone is 2. The molecule has 1 unspecified atom stereocenters. The number of carbonyl (C=O) groups is 3. The van der Waals surface area contributed by atoms with Crippen LogP contribution >= 0.6 is 0 Å². The first kappa shape index (κ1) is 27.3. The Balaban J connectivity index is 1.59. The van der Waals surface area contributed by atoms with Crippen molar-refractivity contribution in [3.8, 4) is 28.4 Å². The zero-order valence-electron chi connectivity index (χ0n) is 24.1. The highest BCUT2D eigenvalue weighted by Crippen LogP contribution is 2.63. The van der Waals surface area contributed by atoms with Crippen LogP contribution in [0.25, 0.3) is 11.1 Å². The summed E-state index contributed by atoms with van der Waals surface area (Å²) in [6, 6.07) is 7.26. The molecule has 0 bridgehead atoms. The molecular weight excluding hydrogens is 524 g/mol. The number of Topliss-reactive ketones (excluding diaryl/α,β-unsaturated/α-hetero) is 3. The number of fused-ring (bicyclic) bond motifs is 4. The molecule has 2 aromatic carbocycles. The Bertz CT molecular complexity index is 1660. The number of carbonyl (C=O) groups excluding carboxylic acids is 3. The van der Waals surface area contributed by atoms with Crippen LogP contribution in [0.4, 0.5) is 0 Å². The lowest BCUT2D eigenvalue weighted by atomic mass is 9.47. The van der Waals surface area contributed by atoms with Crippen molar-refractivity contribution in [1.82, 2.24) is 0 Å². The van der Waals surface area contributed by atoms with E-state index in [4.69, 9.17) is 9.47 Å². The molecule has 3 atom stereocenters. The first-order valence-corrected chi connectivity index (χ1v) is 13.9. The smallest absolute Gasteiger partial charge is 0.231 e. The topological polar surface area (TPSA) is 130 Å². The van der Waals surface area contributed by atoms with Gasteiger partial charge in [-0.3, -0.25) is 14.4 Å². The summed E-state index contributed by atoms with van der Waals surface area (Å²) >= 11 is 0. The molecule has 0 spiro atoms. The van der Waals surface area contributed by atoms with Gasteiger partial charge < -0.3 is 24.8 Å². The van der Waals surface area contributed by atoms with Gasteiger partial charge in [-0.25, -0.2) is 0 Å². The van der Waals surface area contributed by atoms with Crippen LogP contribution in [0.1, 0.15) is 81.8 Å². The van der Waals surface area contributed by atoms with E-state index < -0.39 is 39.4 Å². The van der Waals surface area contributed by atoms with Crippen molar-refractivity contribution in [3.05, 3.63) is 63.4 Å². The number of aliphatic hydroxyl groups is 2. The Hall–Kier alpha value is -3.91. The second kappa shape index (κ2) is 8.55. The molecule has 3 N–H and O–H groups in total. The maximum atomic E-state index is 14.5. The molecule has 8 heteroatoms. The van der Waals surface area contributed by atoms with Crippen molar-refractivity contribution < 1.29 is 39.2 Å². The molecule has 0 saturated carbocycles. The molecule has 2 aromatic rings. The Labute approximate surface area is 238 Å². The molecule has 214 valence electrons. The number of rotatable bonds is 3. The molecule has 1 aliphatic heterocycles. The molecule has 8 nitrogen and oxygen atoms in total. The van der Waals surface area contributed by atoms with Gasteiger partial charge in [0.05, 0.1) is 5.56 Å². The first-order valence-electron chi connectivity index (χ1n) is 13.9. The van der Waals surface area contributed by atoms with Crippen molar-refractivity contribution in [2.45, 2.75) is 72.3 Å². The van der Waals surface area contributed by atoms with Crippen molar-refractivity contribution >= 4 is 17.3 Å². The fourth-order valence-corrected chi connectivity index (χ4v) is 8.01. The molecule has 0 radical (unpaired) electrons. The van der Waals surface area contributed by atoms with Gasteiger partial charge in [0.25, 0.3) is 0 Å². The van der Waals surface area contributed by atoms with Crippen molar-refractivity contribution in [2.24, 2.45) is 10.8 Å². The number of benzene rings is 2. The highest BCUT2D eigenvalue weighted by Gasteiger charge is 2.66. The van der Waals surface area contributed by atoms with Crippen LogP contribution in [-0.2, 0) is 16.0 Å². The number of phenolic OH excluding ortho intramolecular Hbond substituents is 1. The number of phenols is 1. The summed E-state index contributed by atoms with van der Waals surface area (Å²) in [5.74, 6) is -1.30. The first-order chi connectivity index (χ1) is 19.1. The molecule has 0 amide bonds. The van der Waals surface area contributed by atoms with Crippen LogP contribution in [0.3, 0.4) is 0 Å². The lowest BCUT2D eigenvalue weighted by Crippen LogP contribution is -2.63. The molecule has 0 aromatic heterocycles. The Morgan fingerprint density at radius 2 is 1.71 bits per heavy atom. The maximum Gasteiger partial charge on any atom is 0.231 e. The summed E-state index contributed by atoms with van der Waals surface area (Å²) in [6.07, 6.45) is 0.543. The third kappa shape index (κ3) is 3.46. The molecule has 0 saturated heterocycles. The van der Waals surface area contributed by atoms with E-state index >= 15 is 0 Å². The van der Waals surface area contributed by atoms with Gasteiger partial charge in [-0.2, -0.15) is 0 Å². The lowest BCUT2D eigenvalue weighted by molar-refractivity contribution is -0.152. The molecule has 3 aliphatic carbocycles. The second-order valence-electron chi connectivity index (χ2n) is 12.8. The summed E-state index contributed by atoms with van der Waals surface area (Å²) in [6.45, 7) is 10.6. The number of aliphatic hydroxyl groups excluding tert-OH is 1. The quantitative estimate of drug-likeness (QED) is 0.422. The minimum Gasteiger partial charge on any atom is -0.511 e. The SMILES string of the molecule is CC(=O)C1=C(O)C[C@@]2(C)C[C@@]3(C)Cc4c(C(C)C)cc(-c5ccc6c(c5)OCO6)c(O)c4C(=O)C3=C(C)C2(O)C1=O. The number of aromatic hydroxyl groups is 1. The van der Waals surface area contributed by atoms with Crippen molar-refractivity contribution in [3.63, 3.8) is 0 Å². The van der Waals surface area contributed by atoms with E-state index in [1.807, 2.05) is 26.8 Å². The van der Waals surface area contributed by atoms with E-state index in [1.165, 1.54) is 6.92 Å². The largest absolute Gasteiger partial charge is 0.511 e. The van der Waals surface area contributed by atoms with Gasteiger partial charge in [0, 0.05) is 28.4 Å². The number of ketones is 3. The van der Waals surface area contributed by atoms with Crippen molar-refractivity contribution in [2.75, 3.05) is 6.79 Å². The van der Waals surface area contributed by atoms with Crippen LogP contribution < -0.4 is 9.47 Å². The average Bonchev–Trinajstić information content (AvgIpc) is 3.33. The Morgan fingerprint density at radius 1 is 1.02 bits per heavy atom. The molecule has 6 rings (SSSR count). The molecule has 0 fully saturated rings. The fraction of sp³-hybridized carbons (Fsp3) is 0.424. The summed E-state index contributed by atoms with van der Waals surface area (Å²) in [7, 11) is 0. The highest BCUT2D eigenvalue weighted by atomic mass is 16.7. The third-order valence-corrected chi connectivity index (χ3v) is 9.70. The number of hydrogen-bond donors (Lipinski definition) is 3. The summed E-state index contributed by atoms with van der Waals surface area (Å²) in [4.78, 5) is 40.6. The van der Waals surface area contributed by atoms with Crippen LogP contribution in [0, 0.1) is 10.8 Å². The fourth-order valence-electron chi connectivity index (χ4n) is 8.01. The van der Waals surface area contributed by atoms with Gasteiger partial charge in [-0.05, 0) is 73.1 Å². The molecule has 41 heavy (non-hydrogen) atoms. The number of hydrogen-bond acceptors (Lipinski definition) is 8. The minimum atomic E-state index is -2.16. The van der Waals surface area contributed by atoms with Gasteiger partial charge in [-0.1, -0.05) is 33.8 Å². The summed E-state index contributed by atoms with van der Waals surface area (Å²) in [5, 5.41) is 34.6. The predicted molar refractivity (Wildman–Crippen MR) is 150 cm³/mol. The van der Waals surface area contributed by atoms with E-state index in [9.17, 15) is 29.7 Å². The van der Waals surface area contributed by atoms with Crippen molar-refractivity contribution in [1.29, 1.82) is 0 Å². The summed E-state index contributed by atoms with van der Waals surface area (Å²) < 4.78 is 11.0. The second-order valence-corrected chi connectivity index (χ2v) is 12.8. The van der Waals surface area contributed by atoms with Crippen LogP contribution in [0.15, 0.2) is 46.7 Å². The lowest BCUT2D eigenvalue weighted by Gasteiger charge is -2.57. The van der Waals surface area contributed by atoms with Crippen LogP contribution in [0.5, 0.6) is 17.2 Å². The highest BCUT2D eigenvalue weighted by molar-refractivity contribution is 6.25. The van der Waals surface area contributed by atoms with Gasteiger partial charge in [-0.15, -0.1) is 0 Å². The average molecular weight is 559 g/mol. The Morgan fingerprint density at radius 3 is 2.37 bits per heavy atom. The van der Waals surface area contributed by atoms with Crippen LogP contribution in [-0.4, -0.2) is 45.1 Å². The van der Waals surface area contributed by atoms with E-state index in [0.717, 1.165) is 11.1 Å². The molecule has 4 aliphatic rings. The monoisotopic (exact) mass is 558 g/mol. The molecular formula is C33H34O8. The van der Waals surface area contributed by atoms with E-state index in [-0.39, 0.29) is 53.8 Å². The van der Waals surface area contributed by atoms with Crippen LogP contribution in [0.2, 0.25) is 0 Å². The normalized spacial score (nSPS) is 28.6. The standard InChI is InChI=1S/C33H34O8/c1-15(2)19-10-20(18-7-8-23-24(9-18)41-14-40-23)28(36)26-21(19)11-31(5)13-32(6)12-22(35)25(17(4)34)30(38)33(32,39)16(3)27(31)29(26)37/h7-10,15,35-36,39H,11-14H2,1-6H3/t31-,32+,33?/m1/s1. The maximum absolute atomic E-state index is 14.5. The van der Waals surface area contributed by atoms with E-state index in [2.05, 4.69) is 0 Å². The minimum absolute atomic E-state index is 0.0256. The van der Waals surface area contributed by atoms with Gasteiger partial charge in [0.1, 0.15) is 17.1 Å². The van der Waals surface area contributed by atoms with Gasteiger partial charge >= 0.3 is 0 Å². The third-order valence-electron chi connectivity index (χ3n) is 9.70. The van der Waals surface area contributed by atoms with Gasteiger partial charge in [0.2, 0.25) is 12.6 Å². The number of ether oxygens (including phenoxy) is 2. The zero-order valence-corrected chi connectivity index (χ0v) is 24.1. The summed E-state index contributed by atoms with van der Waals surface area (Å²) in [5.41, 5.74) is -1.13. The predicted octanol–water partition coefficient (Wildman–Crippen LogP) is 5.49. The van der Waals surface area contributed by atoms with Gasteiger partial charge in [0.15, 0.2) is 28.7 Å².